The van der Waals surface area contributed by atoms with Gasteiger partial charge < -0.3 is 5.32 Å². The Morgan fingerprint density at radius 2 is 1.62 bits per heavy atom. The Balaban J connectivity index is 1.90. The number of hydrogen-bond acceptors (Lipinski definition) is 3. The van der Waals surface area contributed by atoms with Gasteiger partial charge in [-0.1, -0.05) is 59.1 Å². The molecule has 7 heteroatoms. The van der Waals surface area contributed by atoms with E-state index in [2.05, 4.69) is 11.4 Å². The van der Waals surface area contributed by atoms with E-state index in [-0.39, 0.29) is 17.5 Å². The lowest BCUT2D eigenvalue weighted by Gasteiger charge is -2.25. The minimum atomic E-state index is -3.98. The summed E-state index contributed by atoms with van der Waals surface area (Å²) in [4.78, 5) is 13.1. The van der Waals surface area contributed by atoms with E-state index in [1.165, 1.54) is 6.07 Å². The minimum absolute atomic E-state index is 0.110. The van der Waals surface area contributed by atoms with E-state index >= 15 is 0 Å². The molecule has 3 aromatic rings. The van der Waals surface area contributed by atoms with Gasteiger partial charge in [0.25, 0.3) is 10.0 Å². The van der Waals surface area contributed by atoms with Crippen LogP contribution >= 0.6 is 11.6 Å². The van der Waals surface area contributed by atoms with Crippen molar-refractivity contribution in [3.63, 3.8) is 0 Å². The lowest BCUT2D eigenvalue weighted by Crippen LogP contribution is -2.41. The number of sulfonamides is 1. The van der Waals surface area contributed by atoms with Crippen molar-refractivity contribution >= 4 is 33.2 Å². The van der Waals surface area contributed by atoms with Crippen LogP contribution < -0.4 is 9.62 Å². The second-order valence-electron chi connectivity index (χ2n) is 7.95. The molecule has 32 heavy (non-hydrogen) atoms. The number of halogens is 1. The van der Waals surface area contributed by atoms with E-state index < -0.39 is 15.9 Å². The van der Waals surface area contributed by atoms with E-state index in [1.807, 2.05) is 39.8 Å². The van der Waals surface area contributed by atoms with Crippen LogP contribution in [0.15, 0.2) is 71.6 Å². The highest BCUT2D eigenvalue weighted by molar-refractivity contribution is 7.92. The Morgan fingerprint density at radius 3 is 2.25 bits per heavy atom. The van der Waals surface area contributed by atoms with Gasteiger partial charge in [0, 0.05) is 5.02 Å². The van der Waals surface area contributed by atoms with Gasteiger partial charge in [0.1, 0.15) is 6.54 Å². The lowest BCUT2D eigenvalue weighted by molar-refractivity contribution is -0.120. The number of rotatable bonds is 7. The van der Waals surface area contributed by atoms with Gasteiger partial charge in [0.2, 0.25) is 5.91 Å². The maximum Gasteiger partial charge on any atom is 0.264 e. The monoisotopic (exact) mass is 470 g/mol. The molecule has 5 nitrogen and oxygen atoms in total. The summed E-state index contributed by atoms with van der Waals surface area (Å²) < 4.78 is 28.0. The first-order valence-electron chi connectivity index (χ1n) is 10.3. The quantitative estimate of drug-likeness (QED) is 0.507. The van der Waals surface area contributed by atoms with Crippen molar-refractivity contribution in [3.8, 4) is 0 Å². The Labute approximate surface area is 195 Å². The van der Waals surface area contributed by atoms with E-state index in [0.29, 0.717) is 10.7 Å². The fourth-order valence-corrected chi connectivity index (χ4v) is 5.19. The number of nitrogens with one attached hydrogen (secondary N) is 1. The molecule has 0 fully saturated rings. The first kappa shape index (κ1) is 23.8. The van der Waals surface area contributed by atoms with Crippen LogP contribution in [0.3, 0.4) is 0 Å². The number of nitrogens with zero attached hydrogens (tertiary/aromatic N) is 1. The molecular formula is C25H27ClN2O3S. The Kier molecular flexibility index (Phi) is 7.26. The Hall–Kier alpha value is -2.83. The van der Waals surface area contributed by atoms with Crippen molar-refractivity contribution in [1.29, 1.82) is 0 Å². The SMILES string of the molecule is Cc1ccc(S(=O)(=O)N(CC(=O)NC(C)c2ccc(C)cc2C)c2cccc(Cl)c2)cc1. The molecule has 0 aliphatic heterocycles. The standard InChI is InChI=1S/C25H27ClN2O3S/c1-17-8-11-23(12-9-17)32(30,31)28(22-7-5-6-21(26)15-22)16-25(29)27-20(4)24-13-10-18(2)14-19(24)3/h5-15,20H,16H2,1-4H3,(H,27,29). The Bertz CT molecular complexity index is 1220. The molecule has 0 aliphatic carbocycles. The highest BCUT2D eigenvalue weighted by Gasteiger charge is 2.28. The first-order valence-corrected chi connectivity index (χ1v) is 12.1. The van der Waals surface area contributed by atoms with Gasteiger partial charge in [-0.05, 0) is 69.2 Å². The second-order valence-corrected chi connectivity index (χ2v) is 10.3. The van der Waals surface area contributed by atoms with Gasteiger partial charge in [0.05, 0.1) is 16.6 Å². The smallest absolute Gasteiger partial charge is 0.264 e. The Morgan fingerprint density at radius 1 is 0.969 bits per heavy atom. The number of amides is 1. The summed E-state index contributed by atoms with van der Waals surface area (Å²) in [6.45, 7) is 7.40. The summed E-state index contributed by atoms with van der Waals surface area (Å²) in [6.07, 6.45) is 0. The lowest BCUT2D eigenvalue weighted by atomic mass is 10.0. The molecule has 0 saturated carbocycles. The zero-order chi connectivity index (χ0) is 23.5. The third-order valence-electron chi connectivity index (χ3n) is 5.26. The van der Waals surface area contributed by atoms with Crippen molar-refractivity contribution in [2.24, 2.45) is 0 Å². The predicted octanol–water partition coefficient (Wildman–Crippen LogP) is 5.34. The first-order chi connectivity index (χ1) is 15.1. The summed E-state index contributed by atoms with van der Waals surface area (Å²) in [5.74, 6) is -0.409. The zero-order valence-corrected chi connectivity index (χ0v) is 20.2. The number of benzene rings is 3. The molecule has 0 radical (unpaired) electrons. The normalized spacial score (nSPS) is 12.3. The largest absolute Gasteiger partial charge is 0.348 e. The van der Waals surface area contributed by atoms with E-state index in [0.717, 1.165) is 26.6 Å². The van der Waals surface area contributed by atoms with Crippen LogP contribution in [0.25, 0.3) is 0 Å². The van der Waals surface area contributed by atoms with Crippen LogP contribution in [0.5, 0.6) is 0 Å². The molecule has 0 aliphatic rings. The highest BCUT2D eigenvalue weighted by Crippen LogP contribution is 2.26. The zero-order valence-electron chi connectivity index (χ0n) is 18.6. The summed E-state index contributed by atoms with van der Waals surface area (Å²) in [5, 5.41) is 3.31. The minimum Gasteiger partial charge on any atom is -0.348 e. The molecule has 1 unspecified atom stereocenters. The van der Waals surface area contributed by atoms with E-state index in [4.69, 9.17) is 11.6 Å². The third-order valence-corrected chi connectivity index (χ3v) is 7.28. The fourth-order valence-electron chi connectivity index (χ4n) is 3.59. The average molecular weight is 471 g/mol. The van der Waals surface area contributed by atoms with Crippen molar-refractivity contribution in [2.75, 3.05) is 10.8 Å². The molecule has 1 N–H and O–H groups in total. The van der Waals surface area contributed by atoms with Crippen molar-refractivity contribution in [2.45, 2.75) is 38.6 Å². The fraction of sp³-hybridized carbons (Fsp3) is 0.240. The van der Waals surface area contributed by atoms with Crippen LogP contribution in [-0.4, -0.2) is 20.9 Å². The van der Waals surface area contributed by atoms with Gasteiger partial charge >= 0.3 is 0 Å². The number of carbonyl (C=O) groups is 1. The maximum absolute atomic E-state index is 13.4. The summed E-state index contributed by atoms with van der Waals surface area (Å²) >= 11 is 6.11. The van der Waals surface area contributed by atoms with Crippen LogP contribution in [0.1, 0.15) is 35.2 Å². The molecule has 0 heterocycles. The molecular weight excluding hydrogens is 444 g/mol. The molecule has 1 atom stereocenters. The van der Waals surface area contributed by atoms with Crippen molar-refractivity contribution < 1.29 is 13.2 Å². The van der Waals surface area contributed by atoms with Gasteiger partial charge in [-0.25, -0.2) is 8.42 Å². The molecule has 3 aromatic carbocycles. The molecule has 0 saturated heterocycles. The summed E-state index contributed by atoms with van der Waals surface area (Å²) in [5.41, 5.74) is 4.46. The molecule has 1 amide bonds. The third kappa shape index (κ3) is 5.50. The highest BCUT2D eigenvalue weighted by atomic mass is 35.5. The summed E-state index contributed by atoms with van der Waals surface area (Å²) in [7, 11) is -3.98. The number of aryl methyl sites for hydroxylation is 3. The predicted molar refractivity (Wildman–Crippen MR) is 130 cm³/mol. The van der Waals surface area contributed by atoms with E-state index in [9.17, 15) is 13.2 Å². The van der Waals surface area contributed by atoms with Gasteiger partial charge in [-0.2, -0.15) is 0 Å². The average Bonchev–Trinajstić information content (AvgIpc) is 2.72. The number of hydrogen-bond donors (Lipinski definition) is 1. The molecule has 0 spiro atoms. The maximum atomic E-state index is 13.4. The molecule has 0 aromatic heterocycles. The van der Waals surface area contributed by atoms with Crippen LogP contribution in [-0.2, 0) is 14.8 Å². The van der Waals surface area contributed by atoms with Crippen LogP contribution in [0.4, 0.5) is 5.69 Å². The van der Waals surface area contributed by atoms with Gasteiger partial charge in [0.15, 0.2) is 0 Å². The van der Waals surface area contributed by atoms with Crippen molar-refractivity contribution in [1.82, 2.24) is 5.32 Å². The van der Waals surface area contributed by atoms with Crippen molar-refractivity contribution in [3.05, 3.63) is 94.0 Å². The van der Waals surface area contributed by atoms with Crippen LogP contribution in [0.2, 0.25) is 5.02 Å². The molecule has 3 rings (SSSR count). The van der Waals surface area contributed by atoms with Gasteiger partial charge in [-0.15, -0.1) is 0 Å². The number of anilines is 1. The van der Waals surface area contributed by atoms with E-state index in [1.54, 1.807) is 42.5 Å². The topological polar surface area (TPSA) is 66.5 Å². The second kappa shape index (κ2) is 9.76. The molecule has 168 valence electrons. The number of carbonyl (C=O) groups excluding carboxylic acids is 1. The van der Waals surface area contributed by atoms with Crippen LogP contribution in [0, 0.1) is 20.8 Å². The summed E-state index contributed by atoms with van der Waals surface area (Å²) in [6, 6.07) is 18.8. The molecule has 0 bridgehead atoms. The van der Waals surface area contributed by atoms with Gasteiger partial charge in [-0.3, -0.25) is 9.10 Å².